The van der Waals surface area contributed by atoms with E-state index >= 15 is 0 Å². The van der Waals surface area contributed by atoms with E-state index in [-0.39, 0.29) is 33.8 Å². The lowest BCUT2D eigenvalue weighted by Gasteiger charge is -2.12. The SMILES string of the molecule is CC(C)c1nc2ccc(Br)cc2c(=O)n1N=Cc1cc(Cl)c(Oc2ccc([N+](=O)[O-])cn2)c([N+](=O)[O-])c1. The van der Waals surface area contributed by atoms with Crippen LogP contribution in [0, 0.1) is 20.2 Å². The fraction of sp³-hybridized carbons (Fsp3) is 0.130. The molecule has 37 heavy (non-hydrogen) atoms. The van der Waals surface area contributed by atoms with Crippen molar-refractivity contribution in [3.8, 4) is 11.6 Å². The molecule has 0 spiro atoms. The molecule has 4 rings (SSSR count). The minimum Gasteiger partial charge on any atom is -0.430 e. The maximum Gasteiger partial charge on any atom is 0.313 e. The fourth-order valence-electron chi connectivity index (χ4n) is 3.33. The van der Waals surface area contributed by atoms with Crippen LogP contribution in [-0.2, 0) is 0 Å². The zero-order valence-electron chi connectivity index (χ0n) is 19.2. The zero-order chi connectivity index (χ0) is 26.9. The Labute approximate surface area is 221 Å². The highest BCUT2D eigenvalue weighted by atomic mass is 79.9. The van der Waals surface area contributed by atoms with Crippen molar-refractivity contribution in [2.24, 2.45) is 5.10 Å². The van der Waals surface area contributed by atoms with Crippen molar-refractivity contribution >= 4 is 56.0 Å². The largest absolute Gasteiger partial charge is 0.430 e. The third kappa shape index (κ3) is 5.47. The zero-order valence-corrected chi connectivity index (χ0v) is 21.5. The Morgan fingerprint density at radius 3 is 2.51 bits per heavy atom. The summed E-state index contributed by atoms with van der Waals surface area (Å²) in [5, 5.41) is 27.0. The maximum absolute atomic E-state index is 13.2. The van der Waals surface area contributed by atoms with Crippen molar-refractivity contribution in [3.05, 3.63) is 100 Å². The van der Waals surface area contributed by atoms with Crippen LogP contribution >= 0.6 is 27.5 Å². The lowest BCUT2D eigenvalue weighted by molar-refractivity contribution is -0.385. The smallest absolute Gasteiger partial charge is 0.313 e. The molecule has 0 aliphatic heterocycles. The molecular formula is C23H16BrClN6O6. The summed E-state index contributed by atoms with van der Waals surface area (Å²) in [6.45, 7) is 3.72. The number of nitro groups is 2. The van der Waals surface area contributed by atoms with Gasteiger partial charge in [-0.15, -0.1) is 0 Å². The summed E-state index contributed by atoms with van der Waals surface area (Å²) in [6.07, 6.45) is 2.21. The molecule has 0 amide bonds. The third-order valence-corrected chi connectivity index (χ3v) is 5.83. The van der Waals surface area contributed by atoms with Crippen molar-refractivity contribution in [3.63, 3.8) is 0 Å². The molecule has 4 aromatic rings. The molecule has 0 aliphatic carbocycles. The van der Waals surface area contributed by atoms with Gasteiger partial charge in [0, 0.05) is 34.2 Å². The van der Waals surface area contributed by atoms with Gasteiger partial charge in [-0.25, -0.2) is 9.97 Å². The number of nitrogens with zero attached hydrogens (tertiary/aromatic N) is 6. The standard InChI is InChI=1S/C23H16BrClN6O6/c1-12(2)22-28-18-5-3-14(24)9-16(18)23(32)29(22)27-10-13-7-17(25)21(19(8-13)31(35)36)37-20-6-4-15(11-26-20)30(33)34/h3-12H,1-2H3. The number of hydrogen-bond acceptors (Lipinski definition) is 9. The van der Waals surface area contributed by atoms with Crippen LogP contribution in [0.2, 0.25) is 5.02 Å². The van der Waals surface area contributed by atoms with Crippen LogP contribution in [0.4, 0.5) is 11.4 Å². The Balaban J connectivity index is 1.75. The Morgan fingerprint density at radius 1 is 1.14 bits per heavy atom. The molecule has 0 N–H and O–H groups in total. The van der Waals surface area contributed by atoms with E-state index in [4.69, 9.17) is 16.3 Å². The van der Waals surface area contributed by atoms with Gasteiger partial charge in [-0.2, -0.15) is 9.78 Å². The number of hydrogen-bond donors (Lipinski definition) is 0. The lowest BCUT2D eigenvalue weighted by atomic mass is 10.2. The van der Waals surface area contributed by atoms with E-state index in [0.717, 1.165) is 16.9 Å². The summed E-state index contributed by atoms with van der Waals surface area (Å²) in [5.41, 5.74) is -0.437. The van der Waals surface area contributed by atoms with Crippen LogP contribution in [0.1, 0.15) is 31.2 Å². The van der Waals surface area contributed by atoms with Crippen LogP contribution in [0.25, 0.3) is 10.9 Å². The molecule has 0 aliphatic rings. The first-order chi connectivity index (χ1) is 17.5. The van der Waals surface area contributed by atoms with Crippen LogP contribution in [0.15, 0.2) is 63.0 Å². The minimum atomic E-state index is -0.704. The van der Waals surface area contributed by atoms with Gasteiger partial charge >= 0.3 is 5.69 Å². The first kappa shape index (κ1) is 25.9. The average molecular weight is 588 g/mol. The first-order valence-electron chi connectivity index (χ1n) is 10.6. The topological polar surface area (TPSA) is 156 Å². The molecule has 188 valence electrons. The average Bonchev–Trinajstić information content (AvgIpc) is 2.85. The molecule has 14 heteroatoms. The summed E-state index contributed by atoms with van der Waals surface area (Å²) < 4.78 is 7.31. The van der Waals surface area contributed by atoms with E-state index in [1.165, 1.54) is 24.4 Å². The molecule has 0 radical (unpaired) electrons. The summed E-state index contributed by atoms with van der Waals surface area (Å²) in [4.78, 5) is 42.7. The van der Waals surface area contributed by atoms with Crippen molar-refractivity contribution in [1.29, 1.82) is 0 Å². The third-order valence-electron chi connectivity index (χ3n) is 5.05. The van der Waals surface area contributed by atoms with Crippen LogP contribution in [0.5, 0.6) is 11.6 Å². The molecule has 0 saturated heterocycles. The molecule has 2 aromatic heterocycles. The van der Waals surface area contributed by atoms with Gasteiger partial charge in [-0.1, -0.05) is 41.4 Å². The van der Waals surface area contributed by atoms with Crippen molar-refractivity contribution < 1.29 is 14.6 Å². The van der Waals surface area contributed by atoms with Gasteiger partial charge in [-0.3, -0.25) is 25.0 Å². The highest BCUT2D eigenvalue weighted by Gasteiger charge is 2.22. The second kappa shape index (κ2) is 10.4. The molecule has 0 saturated carbocycles. The van der Waals surface area contributed by atoms with Gasteiger partial charge in [0.1, 0.15) is 12.0 Å². The van der Waals surface area contributed by atoms with Gasteiger partial charge in [0.25, 0.3) is 11.2 Å². The number of benzene rings is 2. The molecule has 12 nitrogen and oxygen atoms in total. The predicted molar refractivity (Wildman–Crippen MR) is 140 cm³/mol. The van der Waals surface area contributed by atoms with E-state index < -0.39 is 21.1 Å². The van der Waals surface area contributed by atoms with Crippen LogP contribution in [-0.4, -0.2) is 30.7 Å². The lowest BCUT2D eigenvalue weighted by Crippen LogP contribution is -2.23. The Hall–Kier alpha value is -4.23. The van der Waals surface area contributed by atoms with Crippen molar-refractivity contribution in [2.75, 3.05) is 0 Å². The quantitative estimate of drug-likeness (QED) is 0.149. The predicted octanol–water partition coefficient (Wildman–Crippen LogP) is 5.82. The molecular weight excluding hydrogens is 572 g/mol. The van der Waals surface area contributed by atoms with Gasteiger partial charge in [0.05, 0.1) is 32.0 Å². The Morgan fingerprint density at radius 2 is 1.89 bits per heavy atom. The molecule has 0 bridgehead atoms. The Kier molecular flexibility index (Phi) is 7.27. The molecule has 0 atom stereocenters. The van der Waals surface area contributed by atoms with Crippen molar-refractivity contribution in [2.45, 2.75) is 19.8 Å². The maximum atomic E-state index is 13.2. The van der Waals surface area contributed by atoms with Gasteiger partial charge in [0.15, 0.2) is 0 Å². The molecule has 0 fully saturated rings. The number of rotatable bonds is 7. The monoisotopic (exact) mass is 586 g/mol. The highest BCUT2D eigenvalue weighted by Crippen LogP contribution is 2.38. The summed E-state index contributed by atoms with van der Waals surface area (Å²) >= 11 is 9.63. The van der Waals surface area contributed by atoms with E-state index in [1.54, 1.807) is 18.2 Å². The van der Waals surface area contributed by atoms with E-state index in [9.17, 15) is 25.0 Å². The van der Waals surface area contributed by atoms with E-state index in [2.05, 4.69) is 31.0 Å². The second-order valence-electron chi connectivity index (χ2n) is 7.97. The van der Waals surface area contributed by atoms with Gasteiger partial charge in [-0.05, 0) is 24.3 Å². The van der Waals surface area contributed by atoms with E-state index in [0.29, 0.717) is 21.2 Å². The number of halogens is 2. The number of pyridine rings is 1. The van der Waals surface area contributed by atoms with Crippen LogP contribution in [0.3, 0.4) is 0 Å². The molecule has 0 unspecified atom stereocenters. The number of fused-ring (bicyclic) bond motifs is 1. The number of nitro benzene ring substituents is 1. The van der Waals surface area contributed by atoms with Crippen LogP contribution < -0.4 is 10.3 Å². The second-order valence-corrected chi connectivity index (χ2v) is 9.29. The first-order valence-corrected chi connectivity index (χ1v) is 11.7. The van der Waals surface area contributed by atoms with E-state index in [1.807, 2.05) is 13.8 Å². The van der Waals surface area contributed by atoms with Gasteiger partial charge < -0.3 is 4.74 Å². The summed E-state index contributed by atoms with van der Waals surface area (Å²) in [7, 11) is 0. The Bertz CT molecular complexity index is 1640. The summed E-state index contributed by atoms with van der Waals surface area (Å²) in [6, 6.07) is 10.0. The highest BCUT2D eigenvalue weighted by molar-refractivity contribution is 9.10. The molecule has 2 aromatic carbocycles. The van der Waals surface area contributed by atoms with Crippen molar-refractivity contribution in [1.82, 2.24) is 14.6 Å². The summed E-state index contributed by atoms with van der Waals surface area (Å²) in [5.74, 6) is -0.178. The van der Waals surface area contributed by atoms with Gasteiger partial charge in [0.2, 0.25) is 11.6 Å². The fourth-order valence-corrected chi connectivity index (χ4v) is 3.95. The minimum absolute atomic E-state index is 0.126. The molecule has 2 heterocycles. The number of ether oxygens (including phenoxy) is 1. The number of aromatic nitrogens is 3. The normalized spacial score (nSPS) is 11.4.